The molecular formula is C25H25ClN4O5S. The van der Waals surface area contributed by atoms with Crippen molar-refractivity contribution in [2.45, 2.75) is 17.9 Å². The summed E-state index contributed by atoms with van der Waals surface area (Å²) in [7, 11) is 0.959. The Morgan fingerprint density at radius 1 is 1.11 bits per heavy atom. The van der Waals surface area contributed by atoms with Gasteiger partial charge in [0.25, 0.3) is 5.91 Å². The van der Waals surface area contributed by atoms with Gasteiger partial charge in [-0.2, -0.15) is 5.10 Å². The van der Waals surface area contributed by atoms with E-state index in [1.54, 1.807) is 47.6 Å². The number of carbonyl (C=O) groups excluding carboxylic acids is 2. The average molecular weight is 529 g/mol. The summed E-state index contributed by atoms with van der Waals surface area (Å²) < 4.78 is 32.6. The topological polar surface area (TPSA) is 112 Å². The molecule has 0 radical (unpaired) electrons. The van der Waals surface area contributed by atoms with Crippen molar-refractivity contribution in [3.8, 4) is 11.1 Å². The van der Waals surface area contributed by atoms with E-state index in [4.69, 9.17) is 11.6 Å². The summed E-state index contributed by atoms with van der Waals surface area (Å²) in [5, 5.41) is 8.43. The molecule has 0 unspecified atom stereocenters. The molecule has 11 heteroatoms. The number of aryl methyl sites for hydroxylation is 2. The molecule has 9 nitrogen and oxygen atoms in total. The summed E-state index contributed by atoms with van der Waals surface area (Å²) in [5.74, 6) is -1.87. The first kappa shape index (κ1) is 25.5. The van der Waals surface area contributed by atoms with E-state index in [-0.39, 0.29) is 10.8 Å². The van der Waals surface area contributed by atoms with Gasteiger partial charge in [-0.05, 0) is 48.4 Å². The van der Waals surface area contributed by atoms with Crippen LogP contribution in [-0.2, 0) is 33.5 Å². The molecule has 1 N–H and O–H groups in total. The van der Waals surface area contributed by atoms with Crippen LogP contribution >= 0.6 is 11.6 Å². The molecule has 2 aromatic carbocycles. The first-order valence-electron chi connectivity index (χ1n) is 11.0. The molecule has 0 saturated carbocycles. The van der Waals surface area contributed by atoms with Crippen LogP contribution in [0.15, 0.2) is 59.8 Å². The molecule has 0 aliphatic carbocycles. The van der Waals surface area contributed by atoms with Crippen LogP contribution in [0.1, 0.15) is 29.0 Å². The summed E-state index contributed by atoms with van der Waals surface area (Å²) in [6.45, 7) is 1.80. The summed E-state index contributed by atoms with van der Waals surface area (Å²) in [5.41, 5.74) is 3.75. The van der Waals surface area contributed by atoms with Gasteiger partial charge >= 0.3 is 5.97 Å². The molecule has 0 saturated heterocycles. The molecule has 0 bridgehead atoms. The van der Waals surface area contributed by atoms with Crippen molar-refractivity contribution in [3.05, 3.63) is 71.1 Å². The Kier molecular flexibility index (Phi) is 6.92. The molecule has 2 aromatic heterocycles. The number of halogens is 1. The van der Waals surface area contributed by atoms with Crippen LogP contribution in [0.3, 0.4) is 0 Å². The molecular weight excluding hydrogens is 504 g/mol. The number of ether oxygens (including phenoxy) is 1. The van der Waals surface area contributed by atoms with Crippen LogP contribution in [0.25, 0.3) is 22.0 Å². The molecule has 0 aliphatic heterocycles. The van der Waals surface area contributed by atoms with Crippen LogP contribution in [-0.4, -0.2) is 47.5 Å². The van der Waals surface area contributed by atoms with Gasteiger partial charge in [0.05, 0.1) is 34.8 Å². The lowest BCUT2D eigenvalue weighted by Crippen LogP contribution is -2.28. The van der Waals surface area contributed by atoms with E-state index < -0.39 is 27.6 Å². The number of hydrogen-bond acceptors (Lipinski definition) is 6. The van der Waals surface area contributed by atoms with Gasteiger partial charge < -0.3 is 14.6 Å². The van der Waals surface area contributed by atoms with Crippen molar-refractivity contribution < 1.29 is 22.7 Å². The first-order valence-corrected chi connectivity index (χ1v) is 13.0. The second kappa shape index (κ2) is 9.79. The number of sulfone groups is 1. The third-order valence-electron chi connectivity index (χ3n) is 6.00. The monoisotopic (exact) mass is 528 g/mol. The fraction of sp³-hybridized carbons (Fsp3) is 0.240. The van der Waals surface area contributed by atoms with Crippen molar-refractivity contribution in [1.82, 2.24) is 19.7 Å². The highest BCUT2D eigenvalue weighted by Crippen LogP contribution is 2.32. The molecule has 188 valence electrons. The fourth-order valence-corrected chi connectivity index (χ4v) is 5.37. The molecule has 0 fully saturated rings. The first-order chi connectivity index (χ1) is 17.0. The van der Waals surface area contributed by atoms with E-state index in [1.165, 1.54) is 12.1 Å². The maximum Gasteiger partial charge on any atom is 0.321 e. The lowest BCUT2D eigenvalue weighted by atomic mass is 10.1. The van der Waals surface area contributed by atoms with E-state index in [9.17, 15) is 18.0 Å². The highest BCUT2D eigenvalue weighted by molar-refractivity contribution is 7.92. The fourth-order valence-electron chi connectivity index (χ4n) is 3.96. The van der Waals surface area contributed by atoms with Crippen LogP contribution in [0.5, 0.6) is 0 Å². The lowest BCUT2D eigenvalue weighted by Gasteiger charge is -2.15. The number of nitrogens with one attached hydrogen (secondary N) is 1. The number of aromatic nitrogens is 3. The van der Waals surface area contributed by atoms with Gasteiger partial charge in [-0.15, -0.1) is 0 Å². The van der Waals surface area contributed by atoms with Gasteiger partial charge in [0.1, 0.15) is 5.69 Å². The normalized spacial score (nSPS) is 12.5. The van der Waals surface area contributed by atoms with Crippen LogP contribution in [0.2, 0.25) is 5.02 Å². The zero-order valence-electron chi connectivity index (χ0n) is 20.1. The van der Waals surface area contributed by atoms with E-state index in [2.05, 4.69) is 15.2 Å². The Balaban J connectivity index is 1.55. The number of amides is 1. The number of benzene rings is 2. The SMILES string of the molecule is COC(=O)CS(=O)(=O)c1ccc([C@@H](C)NC(=O)c2cc3c(Cl)cc(-c4cnn(C)c4)cc3n2C)cc1. The number of esters is 1. The zero-order valence-corrected chi connectivity index (χ0v) is 21.7. The molecule has 0 aliphatic rings. The van der Waals surface area contributed by atoms with Crippen molar-refractivity contribution >= 4 is 44.2 Å². The summed E-state index contributed by atoms with van der Waals surface area (Å²) >= 11 is 6.55. The second-order valence-corrected chi connectivity index (χ2v) is 10.9. The molecule has 4 aromatic rings. The van der Waals surface area contributed by atoms with Gasteiger partial charge in [-0.3, -0.25) is 14.3 Å². The van der Waals surface area contributed by atoms with Crippen molar-refractivity contribution in [1.29, 1.82) is 0 Å². The molecule has 1 amide bonds. The van der Waals surface area contributed by atoms with Gasteiger partial charge in [0, 0.05) is 31.2 Å². The highest BCUT2D eigenvalue weighted by Gasteiger charge is 2.22. The van der Waals surface area contributed by atoms with E-state index in [1.807, 2.05) is 25.4 Å². The second-order valence-electron chi connectivity index (χ2n) is 8.48. The van der Waals surface area contributed by atoms with Gasteiger partial charge in [0.15, 0.2) is 15.6 Å². The molecule has 36 heavy (non-hydrogen) atoms. The largest absolute Gasteiger partial charge is 0.468 e. The zero-order chi connectivity index (χ0) is 26.2. The lowest BCUT2D eigenvalue weighted by molar-refractivity contribution is -0.137. The smallest absolute Gasteiger partial charge is 0.321 e. The number of methoxy groups -OCH3 is 1. The number of nitrogens with zero attached hydrogens (tertiary/aromatic N) is 3. The minimum Gasteiger partial charge on any atom is -0.468 e. The summed E-state index contributed by atoms with van der Waals surface area (Å²) in [6, 6.07) is 11.2. The number of hydrogen-bond donors (Lipinski definition) is 1. The predicted molar refractivity (Wildman–Crippen MR) is 137 cm³/mol. The Labute approximate surface area is 213 Å². The van der Waals surface area contributed by atoms with Crippen LogP contribution < -0.4 is 5.32 Å². The third kappa shape index (κ3) is 5.00. The minimum absolute atomic E-state index is 0.00271. The predicted octanol–water partition coefficient (Wildman–Crippen LogP) is 3.67. The van der Waals surface area contributed by atoms with Gasteiger partial charge in [-0.25, -0.2) is 8.42 Å². The number of fused-ring (bicyclic) bond motifs is 1. The van der Waals surface area contributed by atoms with E-state index >= 15 is 0 Å². The summed E-state index contributed by atoms with van der Waals surface area (Å²) in [6.07, 6.45) is 3.64. The number of rotatable bonds is 7. The van der Waals surface area contributed by atoms with Crippen LogP contribution in [0, 0.1) is 0 Å². The average Bonchev–Trinajstić information content (AvgIpc) is 3.42. The Bertz CT molecular complexity index is 1570. The standard InChI is InChI=1S/C25H25ClN4O5S/c1-15(16-5-7-19(8-6-16)36(33,34)14-24(31)35-4)28-25(32)23-11-20-21(26)9-17(10-22(20)30(23)3)18-12-27-29(2)13-18/h5-13,15H,14H2,1-4H3,(H,28,32)/t15-/m1/s1. The summed E-state index contributed by atoms with van der Waals surface area (Å²) in [4.78, 5) is 24.5. The quantitative estimate of drug-likeness (QED) is 0.366. The van der Waals surface area contributed by atoms with Crippen molar-refractivity contribution in [2.24, 2.45) is 14.1 Å². The van der Waals surface area contributed by atoms with Crippen molar-refractivity contribution in [3.63, 3.8) is 0 Å². The maximum atomic E-state index is 13.1. The molecule has 2 heterocycles. The Hall–Kier alpha value is -3.63. The van der Waals surface area contributed by atoms with Gasteiger partial charge in [-0.1, -0.05) is 23.7 Å². The van der Waals surface area contributed by atoms with Crippen molar-refractivity contribution in [2.75, 3.05) is 12.9 Å². The third-order valence-corrected chi connectivity index (χ3v) is 7.92. The molecule has 0 spiro atoms. The Morgan fingerprint density at radius 2 is 1.81 bits per heavy atom. The maximum absolute atomic E-state index is 13.1. The number of carbonyl (C=O) groups is 2. The minimum atomic E-state index is -3.81. The highest BCUT2D eigenvalue weighted by atomic mass is 35.5. The van der Waals surface area contributed by atoms with Crippen LogP contribution in [0.4, 0.5) is 0 Å². The van der Waals surface area contributed by atoms with E-state index in [0.717, 1.165) is 29.1 Å². The van der Waals surface area contributed by atoms with Gasteiger partial charge in [0.2, 0.25) is 0 Å². The molecule has 1 atom stereocenters. The Morgan fingerprint density at radius 3 is 2.42 bits per heavy atom. The molecule has 4 rings (SSSR count). The van der Waals surface area contributed by atoms with E-state index in [0.29, 0.717) is 16.3 Å².